The molecule has 0 amide bonds. The molecule has 0 atom stereocenters. The molecule has 0 spiro atoms. The predicted molar refractivity (Wildman–Crippen MR) is 91.8 cm³/mol. The Kier molecular flexibility index (Phi) is 5.06. The maximum absolute atomic E-state index is 5.99. The van der Waals surface area contributed by atoms with Crippen molar-refractivity contribution >= 4 is 11.6 Å². The van der Waals surface area contributed by atoms with Crippen molar-refractivity contribution in [2.24, 2.45) is 17.8 Å². The molecule has 1 heteroatoms. The van der Waals surface area contributed by atoms with Crippen LogP contribution in [0, 0.1) is 17.8 Å². The average Bonchev–Trinajstić information content (AvgIpc) is 2.56. The van der Waals surface area contributed by atoms with Crippen LogP contribution in [0.25, 0.3) is 0 Å². The first kappa shape index (κ1) is 15.2. The molecule has 2 aliphatic carbocycles. The van der Waals surface area contributed by atoms with Crippen molar-refractivity contribution in [3.05, 3.63) is 47.5 Å². The number of hydrogen-bond acceptors (Lipinski definition) is 0. The van der Waals surface area contributed by atoms with Crippen molar-refractivity contribution < 1.29 is 0 Å². The van der Waals surface area contributed by atoms with Gasteiger partial charge in [0, 0.05) is 5.02 Å². The van der Waals surface area contributed by atoms with Crippen LogP contribution in [0.1, 0.15) is 62.8 Å². The zero-order chi connectivity index (χ0) is 14.7. The van der Waals surface area contributed by atoms with E-state index in [-0.39, 0.29) is 0 Å². The van der Waals surface area contributed by atoms with Gasteiger partial charge in [0.2, 0.25) is 0 Å². The summed E-state index contributed by atoms with van der Waals surface area (Å²) < 4.78 is 0. The summed E-state index contributed by atoms with van der Waals surface area (Å²) >= 11 is 5.99. The van der Waals surface area contributed by atoms with Gasteiger partial charge in [-0.1, -0.05) is 29.8 Å². The predicted octanol–water partition coefficient (Wildman–Crippen LogP) is 6.61. The van der Waals surface area contributed by atoms with E-state index in [1.165, 1.54) is 56.9 Å². The normalized spacial score (nSPS) is 33.6. The molecule has 0 heterocycles. The highest BCUT2D eigenvalue weighted by atomic mass is 35.5. The molecule has 0 saturated heterocycles. The first-order valence-corrected chi connectivity index (χ1v) is 9.02. The van der Waals surface area contributed by atoms with Crippen LogP contribution in [0.5, 0.6) is 0 Å². The first-order valence-electron chi connectivity index (χ1n) is 8.64. The van der Waals surface area contributed by atoms with Crippen molar-refractivity contribution in [2.45, 2.75) is 57.3 Å². The van der Waals surface area contributed by atoms with Crippen molar-refractivity contribution in [3.8, 4) is 0 Å². The van der Waals surface area contributed by atoms with E-state index in [1.54, 1.807) is 0 Å². The molecule has 114 valence electrons. The molecular weight excluding hydrogens is 276 g/mol. The smallest absolute Gasteiger partial charge is 0.0406 e. The Morgan fingerprint density at radius 2 is 1.33 bits per heavy atom. The van der Waals surface area contributed by atoms with Crippen LogP contribution in [0.2, 0.25) is 5.02 Å². The van der Waals surface area contributed by atoms with E-state index in [0.29, 0.717) is 0 Å². The Labute approximate surface area is 134 Å². The van der Waals surface area contributed by atoms with Crippen molar-refractivity contribution in [2.75, 3.05) is 0 Å². The Morgan fingerprint density at radius 1 is 0.810 bits per heavy atom. The van der Waals surface area contributed by atoms with Gasteiger partial charge in [-0.3, -0.25) is 0 Å². The summed E-state index contributed by atoms with van der Waals surface area (Å²) in [6, 6.07) is 8.53. The van der Waals surface area contributed by atoms with Crippen LogP contribution >= 0.6 is 11.6 Å². The van der Waals surface area contributed by atoms with E-state index in [0.717, 1.165) is 28.7 Å². The Hall–Kier alpha value is -0.750. The minimum atomic E-state index is 0.767. The van der Waals surface area contributed by atoms with Gasteiger partial charge in [-0.2, -0.15) is 0 Å². The zero-order valence-corrected chi connectivity index (χ0v) is 13.7. The molecule has 0 unspecified atom stereocenters. The molecule has 0 N–H and O–H groups in total. The van der Waals surface area contributed by atoms with Crippen molar-refractivity contribution in [1.82, 2.24) is 0 Å². The molecule has 3 rings (SSSR count). The fourth-order valence-electron chi connectivity index (χ4n) is 4.51. The lowest BCUT2D eigenvalue weighted by atomic mass is 9.68. The number of hydrogen-bond donors (Lipinski definition) is 0. The zero-order valence-electron chi connectivity index (χ0n) is 12.9. The van der Waals surface area contributed by atoms with Gasteiger partial charge in [0.05, 0.1) is 0 Å². The van der Waals surface area contributed by atoms with Gasteiger partial charge in [0.1, 0.15) is 0 Å². The molecule has 0 nitrogen and oxygen atoms in total. The maximum atomic E-state index is 5.99. The van der Waals surface area contributed by atoms with E-state index in [2.05, 4.69) is 24.8 Å². The summed E-state index contributed by atoms with van der Waals surface area (Å²) in [5.41, 5.74) is 1.49. The van der Waals surface area contributed by atoms with Crippen molar-refractivity contribution in [3.63, 3.8) is 0 Å². The summed E-state index contributed by atoms with van der Waals surface area (Å²) in [6.07, 6.45) is 13.4. The summed E-state index contributed by atoms with van der Waals surface area (Å²) in [5, 5.41) is 0.853. The van der Waals surface area contributed by atoms with Gasteiger partial charge in [-0.25, -0.2) is 0 Å². The van der Waals surface area contributed by atoms with Crippen molar-refractivity contribution in [1.29, 1.82) is 0 Å². The minimum absolute atomic E-state index is 0.767. The summed E-state index contributed by atoms with van der Waals surface area (Å²) in [6.45, 7) is 3.96. The van der Waals surface area contributed by atoms with Crippen LogP contribution < -0.4 is 0 Å². The summed E-state index contributed by atoms with van der Waals surface area (Å²) in [5.74, 6) is 3.54. The van der Waals surface area contributed by atoms with Gasteiger partial charge >= 0.3 is 0 Å². The highest BCUT2D eigenvalue weighted by molar-refractivity contribution is 6.30. The lowest BCUT2D eigenvalue weighted by Gasteiger charge is -2.37. The van der Waals surface area contributed by atoms with Crippen LogP contribution in [0.4, 0.5) is 0 Å². The number of rotatable bonds is 3. The molecule has 0 bridgehead atoms. The monoisotopic (exact) mass is 302 g/mol. The standard InChI is InChI=1S/C20H27Cl/c1-2-15-3-5-16(6-4-15)17-7-9-18(10-8-17)19-11-13-20(21)14-12-19/h2,11-18H,1,3-10H2/t15-,16-,17-,18-. The molecule has 0 aromatic heterocycles. The first-order chi connectivity index (χ1) is 10.3. The maximum Gasteiger partial charge on any atom is 0.0406 e. The molecule has 0 radical (unpaired) electrons. The lowest BCUT2D eigenvalue weighted by Crippen LogP contribution is -2.25. The molecule has 1 aromatic carbocycles. The van der Waals surface area contributed by atoms with E-state index in [9.17, 15) is 0 Å². The fourth-order valence-corrected chi connectivity index (χ4v) is 4.64. The van der Waals surface area contributed by atoms with Crippen LogP contribution in [0.3, 0.4) is 0 Å². The second kappa shape index (κ2) is 7.01. The molecule has 2 fully saturated rings. The third-order valence-corrected chi connectivity index (χ3v) is 6.18. The third kappa shape index (κ3) is 3.72. The second-order valence-electron chi connectivity index (χ2n) is 7.07. The van der Waals surface area contributed by atoms with Gasteiger partial charge in [0.15, 0.2) is 0 Å². The summed E-state index contributed by atoms with van der Waals surface area (Å²) in [7, 11) is 0. The van der Waals surface area contributed by atoms with Crippen LogP contribution in [-0.4, -0.2) is 0 Å². The van der Waals surface area contributed by atoms with E-state index < -0.39 is 0 Å². The van der Waals surface area contributed by atoms with Crippen LogP contribution in [-0.2, 0) is 0 Å². The molecule has 2 saturated carbocycles. The SMILES string of the molecule is C=C[C@H]1CC[C@H]([C@H]2CC[C@H](c3ccc(Cl)cc3)CC2)CC1. The van der Waals surface area contributed by atoms with Gasteiger partial charge in [-0.15, -0.1) is 6.58 Å². The van der Waals surface area contributed by atoms with Gasteiger partial charge < -0.3 is 0 Å². The average molecular weight is 303 g/mol. The lowest BCUT2D eigenvalue weighted by molar-refractivity contribution is 0.171. The van der Waals surface area contributed by atoms with E-state index in [1.807, 2.05) is 12.1 Å². The minimum Gasteiger partial charge on any atom is -0.103 e. The summed E-state index contributed by atoms with van der Waals surface area (Å²) in [4.78, 5) is 0. The topological polar surface area (TPSA) is 0 Å². The Morgan fingerprint density at radius 3 is 1.86 bits per heavy atom. The molecule has 21 heavy (non-hydrogen) atoms. The fraction of sp³-hybridized carbons (Fsp3) is 0.600. The highest BCUT2D eigenvalue weighted by Crippen LogP contribution is 2.44. The number of allylic oxidation sites excluding steroid dienone is 1. The molecule has 2 aliphatic rings. The molecular formula is C20H27Cl. The van der Waals surface area contributed by atoms with E-state index >= 15 is 0 Å². The molecule has 0 aliphatic heterocycles. The quantitative estimate of drug-likeness (QED) is 0.551. The molecule has 1 aromatic rings. The van der Waals surface area contributed by atoms with E-state index in [4.69, 9.17) is 11.6 Å². The van der Waals surface area contributed by atoms with Gasteiger partial charge in [0.25, 0.3) is 0 Å². The largest absolute Gasteiger partial charge is 0.103 e. The third-order valence-electron chi connectivity index (χ3n) is 5.93. The highest BCUT2D eigenvalue weighted by Gasteiger charge is 2.30. The Balaban J connectivity index is 1.51. The second-order valence-corrected chi connectivity index (χ2v) is 7.51. The number of halogens is 1. The number of benzene rings is 1. The Bertz CT molecular complexity index is 445. The van der Waals surface area contributed by atoms with Gasteiger partial charge in [-0.05, 0) is 92.7 Å². The van der Waals surface area contributed by atoms with Crippen LogP contribution in [0.15, 0.2) is 36.9 Å².